The van der Waals surface area contributed by atoms with Crippen LogP contribution in [-0.2, 0) is 6.42 Å². The van der Waals surface area contributed by atoms with E-state index in [9.17, 15) is 0 Å². The minimum absolute atomic E-state index is 0.732. The Morgan fingerprint density at radius 1 is 1.00 bits per heavy atom. The standard InChI is InChI=1S/C16H27N/c1-6-17-11-15(5)14(4)10-16-8-12(2)7-13(3)9-16/h7-9,14-15,17H,6,10-11H2,1-5H3. The van der Waals surface area contributed by atoms with Gasteiger partial charge >= 0.3 is 0 Å². The van der Waals surface area contributed by atoms with Gasteiger partial charge in [0.1, 0.15) is 0 Å². The van der Waals surface area contributed by atoms with E-state index in [0.717, 1.165) is 24.9 Å². The molecule has 1 aromatic carbocycles. The lowest BCUT2D eigenvalue weighted by atomic mass is 9.88. The molecule has 2 atom stereocenters. The first kappa shape index (κ1) is 14.2. The predicted octanol–water partition coefficient (Wildman–Crippen LogP) is 3.73. The van der Waals surface area contributed by atoms with Crippen LogP contribution in [0.15, 0.2) is 18.2 Å². The van der Waals surface area contributed by atoms with Crippen molar-refractivity contribution in [2.45, 2.75) is 41.0 Å². The maximum absolute atomic E-state index is 3.44. The molecule has 1 nitrogen and oxygen atoms in total. The lowest BCUT2D eigenvalue weighted by molar-refractivity contribution is 0.368. The highest BCUT2D eigenvalue weighted by atomic mass is 14.8. The van der Waals surface area contributed by atoms with Crippen LogP contribution >= 0.6 is 0 Å². The molecule has 2 unspecified atom stereocenters. The molecule has 1 heteroatoms. The normalized spacial score (nSPS) is 14.6. The molecule has 1 aromatic rings. The number of nitrogens with one attached hydrogen (secondary N) is 1. The van der Waals surface area contributed by atoms with Crippen molar-refractivity contribution in [2.24, 2.45) is 11.8 Å². The van der Waals surface area contributed by atoms with Gasteiger partial charge < -0.3 is 5.32 Å². The summed E-state index contributed by atoms with van der Waals surface area (Å²) in [6.45, 7) is 13.4. The quantitative estimate of drug-likeness (QED) is 0.789. The van der Waals surface area contributed by atoms with Crippen LogP contribution < -0.4 is 5.32 Å². The summed E-state index contributed by atoms with van der Waals surface area (Å²) in [5, 5.41) is 3.44. The zero-order chi connectivity index (χ0) is 12.8. The van der Waals surface area contributed by atoms with E-state index in [0.29, 0.717) is 0 Å². The van der Waals surface area contributed by atoms with Crippen molar-refractivity contribution in [3.63, 3.8) is 0 Å². The average molecular weight is 233 g/mol. The molecule has 1 rings (SSSR count). The summed E-state index contributed by atoms with van der Waals surface area (Å²) in [7, 11) is 0. The number of aryl methyl sites for hydroxylation is 2. The minimum Gasteiger partial charge on any atom is -0.317 e. The minimum atomic E-state index is 0.732. The van der Waals surface area contributed by atoms with Crippen LogP contribution in [0.1, 0.15) is 37.5 Å². The summed E-state index contributed by atoms with van der Waals surface area (Å²) in [6.07, 6.45) is 1.19. The molecule has 0 aliphatic carbocycles. The Morgan fingerprint density at radius 2 is 1.59 bits per heavy atom. The van der Waals surface area contributed by atoms with Gasteiger partial charge in [0.2, 0.25) is 0 Å². The SMILES string of the molecule is CCNCC(C)C(C)Cc1cc(C)cc(C)c1. The summed E-state index contributed by atoms with van der Waals surface area (Å²) in [5.41, 5.74) is 4.25. The fourth-order valence-electron chi connectivity index (χ4n) is 2.33. The van der Waals surface area contributed by atoms with Gasteiger partial charge in [-0.25, -0.2) is 0 Å². The first-order valence-corrected chi connectivity index (χ1v) is 6.80. The van der Waals surface area contributed by atoms with Crippen LogP contribution in [-0.4, -0.2) is 13.1 Å². The lowest BCUT2D eigenvalue weighted by Crippen LogP contribution is -2.25. The average Bonchev–Trinajstić information content (AvgIpc) is 2.24. The number of benzene rings is 1. The fourth-order valence-corrected chi connectivity index (χ4v) is 2.33. The Labute approximate surface area is 107 Å². The highest BCUT2D eigenvalue weighted by Gasteiger charge is 2.12. The van der Waals surface area contributed by atoms with Crippen molar-refractivity contribution in [3.8, 4) is 0 Å². The predicted molar refractivity (Wildman–Crippen MR) is 76.5 cm³/mol. The second-order valence-corrected chi connectivity index (χ2v) is 5.46. The van der Waals surface area contributed by atoms with E-state index in [1.165, 1.54) is 23.1 Å². The molecule has 96 valence electrons. The Balaban J connectivity index is 2.57. The fraction of sp³-hybridized carbons (Fsp3) is 0.625. The van der Waals surface area contributed by atoms with Gasteiger partial charge in [-0.1, -0.05) is 50.1 Å². The van der Waals surface area contributed by atoms with E-state index < -0.39 is 0 Å². The molecule has 0 saturated carbocycles. The van der Waals surface area contributed by atoms with Gasteiger partial charge in [-0.15, -0.1) is 0 Å². The van der Waals surface area contributed by atoms with Crippen molar-refractivity contribution in [1.82, 2.24) is 5.32 Å². The molecule has 0 heterocycles. The highest BCUT2D eigenvalue weighted by Crippen LogP contribution is 2.18. The van der Waals surface area contributed by atoms with Crippen LogP contribution in [0.3, 0.4) is 0 Å². The van der Waals surface area contributed by atoms with Crippen LogP contribution in [0.4, 0.5) is 0 Å². The van der Waals surface area contributed by atoms with Crippen molar-refractivity contribution < 1.29 is 0 Å². The van der Waals surface area contributed by atoms with E-state index in [4.69, 9.17) is 0 Å². The van der Waals surface area contributed by atoms with E-state index >= 15 is 0 Å². The van der Waals surface area contributed by atoms with Gasteiger partial charge in [-0.2, -0.15) is 0 Å². The Bertz CT molecular complexity index is 323. The van der Waals surface area contributed by atoms with Crippen molar-refractivity contribution >= 4 is 0 Å². The molecule has 0 aliphatic heterocycles. The lowest BCUT2D eigenvalue weighted by Gasteiger charge is -2.20. The maximum atomic E-state index is 3.44. The number of rotatable bonds is 6. The van der Waals surface area contributed by atoms with Crippen molar-refractivity contribution in [3.05, 3.63) is 34.9 Å². The zero-order valence-corrected chi connectivity index (χ0v) is 12.0. The zero-order valence-electron chi connectivity index (χ0n) is 12.0. The van der Waals surface area contributed by atoms with Gasteiger partial charge in [0.15, 0.2) is 0 Å². The molecule has 0 aliphatic rings. The largest absolute Gasteiger partial charge is 0.317 e. The van der Waals surface area contributed by atoms with Crippen molar-refractivity contribution in [1.29, 1.82) is 0 Å². The Kier molecular flexibility index (Phi) is 5.70. The van der Waals surface area contributed by atoms with Gasteiger partial charge in [-0.3, -0.25) is 0 Å². The molecular weight excluding hydrogens is 206 g/mol. The highest BCUT2D eigenvalue weighted by molar-refractivity contribution is 5.28. The maximum Gasteiger partial charge on any atom is -0.00206 e. The summed E-state index contributed by atoms with van der Waals surface area (Å²) in [6, 6.07) is 6.89. The van der Waals surface area contributed by atoms with Crippen LogP contribution in [0.2, 0.25) is 0 Å². The van der Waals surface area contributed by atoms with Gasteiger partial charge in [0, 0.05) is 0 Å². The topological polar surface area (TPSA) is 12.0 Å². The molecule has 0 fully saturated rings. The van der Waals surface area contributed by atoms with E-state index in [1.54, 1.807) is 0 Å². The third-order valence-corrected chi connectivity index (χ3v) is 3.53. The summed E-state index contributed by atoms with van der Waals surface area (Å²) in [5.74, 6) is 1.46. The van der Waals surface area contributed by atoms with Gasteiger partial charge in [-0.05, 0) is 50.8 Å². The third kappa shape index (κ3) is 4.91. The summed E-state index contributed by atoms with van der Waals surface area (Å²) in [4.78, 5) is 0. The monoisotopic (exact) mass is 233 g/mol. The molecule has 0 spiro atoms. The number of hydrogen-bond donors (Lipinski definition) is 1. The molecule has 0 aromatic heterocycles. The first-order chi connectivity index (χ1) is 8.02. The van der Waals surface area contributed by atoms with Crippen LogP contribution in [0.5, 0.6) is 0 Å². The summed E-state index contributed by atoms with van der Waals surface area (Å²) >= 11 is 0. The second-order valence-electron chi connectivity index (χ2n) is 5.46. The first-order valence-electron chi connectivity index (χ1n) is 6.80. The third-order valence-electron chi connectivity index (χ3n) is 3.53. The number of hydrogen-bond acceptors (Lipinski definition) is 1. The molecular formula is C16H27N. The second kappa shape index (κ2) is 6.80. The van der Waals surface area contributed by atoms with Crippen LogP contribution in [0, 0.1) is 25.7 Å². The summed E-state index contributed by atoms with van der Waals surface area (Å²) < 4.78 is 0. The molecule has 0 radical (unpaired) electrons. The van der Waals surface area contributed by atoms with Crippen LogP contribution in [0.25, 0.3) is 0 Å². The molecule has 17 heavy (non-hydrogen) atoms. The van der Waals surface area contributed by atoms with Gasteiger partial charge in [0.25, 0.3) is 0 Å². The van der Waals surface area contributed by atoms with E-state index in [1.807, 2.05) is 0 Å². The van der Waals surface area contributed by atoms with Crippen molar-refractivity contribution in [2.75, 3.05) is 13.1 Å². The Hall–Kier alpha value is -0.820. The van der Waals surface area contributed by atoms with E-state index in [2.05, 4.69) is 58.1 Å². The smallest absolute Gasteiger partial charge is 0.00206 e. The Morgan fingerprint density at radius 3 is 2.12 bits per heavy atom. The molecule has 0 amide bonds. The molecule has 0 saturated heterocycles. The molecule has 1 N–H and O–H groups in total. The van der Waals surface area contributed by atoms with E-state index in [-0.39, 0.29) is 0 Å². The molecule has 0 bridgehead atoms. The van der Waals surface area contributed by atoms with Gasteiger partial charge in [0.05, 0.1) is 0 Å².